The maximum Gasteiger partial charge on any atom is 0.337 e. The van der Waals surface area contributed by atoms with Crippen molar-refractivity contribution >= 4 is 34.5 Å². The third-order valence-electron chi connectivity index (χ3n) is 4.53. The zero-order chi connectivity index (χ0) is 21.0. The molecule has 1 aliphatic rings. The zero-order valence-electron chi connectivity index (χ0n) is 16.8. The molecule has 1 aliphatic heterocycles. The van der Waals surface area contributed by atoms with E-state index in [1.165, 1.54) is 24.9 Å². The third kappa shape index (κ3) is 5.16. The van der Waals surface area contributed by atoms with Crippen molar-refractivity contribution in [2.45, 2.75) is 50.5 Å². The lowest BCUT2D eigenvalue weighted by Gasteiger charge is -2.17. The molecule has 0 radical (unpaired) electrons. The standard InChI is InChI=1S/C20H25N3O5S/c1-12(2)21-17(24)11-29-20-22-16-9-13(19(26)27-3)6-7-15(16)18(25)23(20)10-14-5-4-8-28-14/h6-7,9,12,14H,4-5,8,10-11H2,1-3H3,(H,21,24)/t14-/m1/s1. The van der Waals surface area contributed by atoms with Crippen molar-refractivity contribution in [3.05, 3.63) is 34.1 Å². The molecular weight excluding hydrogens is 394 g/mol. The summed E-state index contributed by atoms with van der Waals surface area (Å²) in [4.78, 5) is 41.7. The molecule has 2 aromatic rings. The Kier molecular flexibility index (Phi) is 6.92. The summed E-state index contributed by atoms with van der Waals surface area (Å²) in [6.45, 7) is 4.84. The van der Waals surface area contributed by atoms with Crippen LogP contribution in [0.15, 0.2) is 28.2 Å². The minimum atomic E-state index is -0.497. The van der Waals surface area contributed by atoms with E-state index in [0.29, 0.717) is 34.8 Å². The van der Waals surface area contributed by atoms with E-state index < -0.39 is 5.97 Å². The van der Waals surface area contributed by atoms with Crippen molar-refractivity contribution in [3.63, 3.8) is 0 Å². The summed E-state index contributed by atoms with van der Waals surface area (Å²) < 4.78 is 12.0. The highest BCUT2D eigenvalue weighted by Crippen LogP contribution is 2.22. The number of esters is 1. The molecule has 9 heteroatoms. The van der Waals surface area contributed by atoms with Gasteiger partial charge >= 0.3 is 5.97 Å². The number of amides is 1. The van der Waals surface area contributed by atoms with E-state index in [-0.39, 0.29) is 29.4 Å². The summed E-state index contributed by atoms with van der Waals surface area (Å²) in [5, 5.41) is 3.67. The van der Waals surface area contributed by atoms with E-state index in [9.17, 15) is 14.4 Å². The number of hydrogen-bond acceptors (Lipinski definition) is 7. The Labute approximate surface area is 173 Å². The molecule has 1 aromatic heterocycles. The smallest absolute Gasteiger partial charge is 0.337 e. The summed E-state index contributed by atoms with van der Waals surface area (Å²) in [7, 11) is 1.30. The molecule has 3 rings (SSSR count). The summed E-state index contributed by atoms with van der Waals surface area (Å²) in [6.07, 6.45) is 1.79. The molecule has 0 unspecified atom stereocenters. The van der Waals surface area contributed by atoms with Crippen LogP contribution in [-0.4, -0.2) is 53.0 Å². The van der Waals surface area contributed by atoms with Crippen LogP contribution in [0, 0.1) is 0 Å². The number of fused-ring (bicyclic) bond motifs is 1. The molecule has 2 heterocycles. The van der Waals surface area contributed by atoms with Crippen molar-refractivity contribution in [1.82, 2.24) is 14.9 Å². The number of methoxy groups -OCH3 is 1. The van der Waals surface area contributed by atoms with Crippen molar-refractivity contribution in [2.24, 2.45) is 0 Å². The van der Waals surface area contributed by atoms with E-state index in [4.69, 9.17) is 9.47 Å². The number of aromatic nitrogens is 2. The third-order valence-corrected chi connectivity index (χ3v) is 5.51. The van der Waals surface area contributed by atoms with Gasteiger partial charge in [0, 0.05) is 12.6 Å². The molecule has 156 valence electrons. The van der Waals surface area contributed by atoms with Crippen LogP contribution in [0.5, 0.6) is 0 Å². The van der Waals surface area contributed by atoms with Crippen LogP contribution in [0.2, 0.25) is 0 Å². The molecule has 29 heavy (non-hydrogen) atoms. The van der Waals surface area contributed by atoms with Gasteiger partial charge in [0.05, 0.1) is 42.0 Å². The lowest BCUT2D eigenvalue weighted by Crippen LogP contribution is -2.32. The minimum absolute atomic E-state index is 0.0318. The molecule has 1 N–H and O–H groups in total. The van der Waals surface area contributed by atoms with Crippen LogP contribution in [-0.2, 0) is 20.8 Å². The molecule has 1 fully saturated rings. The van der Waals surface area contributed by atoms with Crippen LogP contribution in [0.1, 0.15) is 37.0 Å². The second kappa shape index (κ2) is 9.41. The van der Waals surface area contributed by atoms with Gasteiger partial charge in [0.1, 0.15) is 0 Å². The van der Waals surface area contributed by atoms with Crippen LogP contribution < -0.4 is 10.9 Å². The first-order valence-corrected chi connectivity index (χ1v) is 10.5. The fourth-order valence-electron chi connectivity index (χ4n) is 3.20. The number of hydrogen-bond donors (Lipinski definition) is 1. The average Bonchev–Trinajstić information content (AvgIpc) is 3.20. The maximum atomic E-state index is 13.1. The number of carbonyl (C=O) groups is 2. The van der Waals surface area contributed by atoms with Crippen LogP contribution in [0.3, 0.4) is 0 Å². The summed E-state index contributed by atoms with van der Waals surface area (Å²) >= 11 is 1.20. The molecule has 0 bridgehead atoms. The number of nitrogens with one attached hydrogen (secondary N) is 1. The SMILES string of the molecule is COC(=O)c1ccc2c(=O)n(C[C@H]3CCCO3)c(SCC(=O)NC(C)C)nc2c1. The van der Waals surface area contributed by atoms with Gasteiger partial charge in [-0.3, -0.25) is 14.2 Å². The number of carbonyl (C=O) groups excluding carboxylic acids is 2. The average molecular weight is 420 g/mol. The van der Waals surface area contributed by atoms with E-state index in [2.05, 4.69) is 10.3 Å². The Morgan fingerprint density at radius 3 is 2.86 bits per heavy atom. The second-order valence-corrected chi connectivity index (χ2v) is 8.12. The number of ether oxygens (including phenoxy) is 2. The van der Waals surface area contributed by atoms with Crippen LogP contribution >= 0.6 is 11.8 Å². The highest BCUT2D eigenvalue weighted by molar-refractivity contribution is 7.99. The van der Waals surface area contributed by atoms with Gasteiger partial charge in [0.15, 0.2) is 5.16 Å². The van der Waals surface area contributed by atoms with Gasteiger partial charge in [0.2, 0.25) is 5.91 Å². The molecule has 1 atom stereocenters. The number of thioether (sulfide) groups is 1. The Bertz CT molecular complexity index is 966. The van der Waals surface area contributed by atoms with Gasteiger partial charge in [0.25, 0.3) is 5.56 Å². The predicted molar refractivity (Wildman–Crippen MR) is 110 cm³/mol. The van der Waals surface area contributed by atoms with Gasteiger partial charge in [-0.1, -0.05) is 11.8 Å². The van der Waals surface area contributed by atoms with E-state index in [1.54, 1.807) is 16.7 Å². The maximum absolute atomic E-state index is 13.1. The second-order valence-electron chi connectivity index (χ2n) is 7.18. The van der Waals surface area contributed by atoms with Crippen LogP contribution in [0.25, 0.3) is 10.9 Å². The van der Waals surface area contributed by atoms with Gasteiger partial charge in [-0.2, -0.15) is 0 Å². The van der Waals surface area contributed by atoms with Gasteiger partial charge < -0.3 is 14.8 Å². The number of benzene rings is 1. The Hall–Kier alpha value is -2.39. The quantitative estimate of drug-likeness (QED) is 0.416. The largest absolute Gasteiger partial charge is 0.465 e. The fraction of sp³-hybridized carbons (Fsp3) is 0.500. The molecule has 0 saturated carbocycles. The van der Waals surface area contributed by atoms with E-state index in [1.807, 2.05) is 13.8 Å². The lowest BCUT2D eigenvalue weighted by atomic mass is 10.1. The van der Waals surface area contributed by atoms with Gasteiger partial charge in [-0.15, -0.1) is 0 Å². The minimum Gasteiger partial charge on any atom is -0.465 e. The molecule has 0 spiro atoms. The predicted octanol–water partition coefficient (Wildman–Crippen LogP) is 1.98. The fourth-order valence-corrected chi connectivity index (χ4v) is 4.02. The van der Waals surface area contributed by atoms with E-state index >= 15 is 0 Å². The molecule has 1 saturated heterocycles. The molecule has 1 aromatic carbocycles. The highest BCUT2D eigenvalue weighted by Gasteiger charge is 2.21. The summed E-state index contributed by atoms with van der Waals surface area (Å²) in [6, 6.07) is 4.71. The summed E-state index contributed by atoms with van der Waals surface area (Å²) in [5.74, 6) is -0.493. The van der Waals surface area contributed by atoms with Crippen molar-refractivity contribution in [1.29, 1.82) is 0 Å². The topological polar surface area (TPSA) is 99.5 Å². The molecule has 1 amide bonds. The number of rotatable bonds is 7. The normalized spacial score (nSPS) is 16.3. The van der Waals surface area contributed by atoms with Crippen molar-refractivity contribution in [3.8, 4) is 0 Å². The summed E-state index contributed by atoms with van der Waals surface area (Å²) in [5.41, 5.74) is 0.499. The first kappa shape index (κ1) is 21.3. The van der Waals surface area contributed by atoms with Crippen LogP contribution in [0.4, 0.5) is 0 Å². The first-order chi connectivity index (χ1) is 13.9. The number of nitrogens with zero attached hydrogens (tertiary/aromatic N) is 2. The Morgan fingerprint density at radius 1 is 1.41 bits per heavy atom. The van der Waals surface area contributed by atoms with Gasteiger partial charge in [-0.25, -0.2) is 9.78 Å². The van der Waals surface area contributed by atoms with Crippen molar-refractivity contribution < 1.29 is 19.1 Å². The first-order valence-electron chi connectivity index (χ1n) is 9.55. The molecule has 0 aliphatic carbocycles. The monoisotopic (exact) mass is 419 g/mol. The highest BCUT2D eigenvalue weighted by atomic mass is 32.2. The lowest BCUT2D eigenvalue weighted by molar-refractivity contribution is -0.119. The Balaban J connectivity index is 1.99. The molecular formula is C20H25N3O5S. The molecule has 8 nitrogen and oxygen atoms in total. The zero-order valence-corrected chi connectivity index (χ0v) is 17.6. The Morgan fingerprint density at radius 2 is 2.21 bits per heavy atom. The van der Waals surface area contributed by atoms with Gasteiger partial charge in [-0.05, 0) is 44.9 Å². The van der Waals surface area contributed by atoms with E-state index in [0.717, 1.165) is 12.8 Å². The van der Waals surface area contributed by atoms with Crippen molar-refractivity contribution in [2.75, 3.05) is 19.5 Å².